The maximum absolute atomic E-state index is 13.4. The molecule has 0 radical (unpaired) electrons. The monoisotopic (exact) mass is 416 g/mol. The lowest BCUT2D eigenvalue weighted by molar-refractivity contribution is 0.0692. The van der Waals surface area contributed by atoms with Crippen LogP contribution in [0.3, 0.4) is 0 Å². The molecule has 30 heavy (non-hydrogen) atoms. The first kappa shape index (κ1) is 18.9. The number of amides is 1. The van der Waals surface area contributed by atoms with E-state index in [1.165, 1.54) is 28.0 Å². The molecule has 0 aliphatic carbocycles. The molecule has 0 spiro atoms. The minimum atomic E-state index is -0.340. The number of benzene rings is 3. The highest BCUT2D eigenvalue weighted by molar-refractivity contribution is 7.98. The molecule has 1 aliphatic rings. The molecule has 1 amide bonds. The zero-order valence-electron chi connectivity index (χ0n) is 16.6. The molecular formula is C25H21FN2OS. The molecule has 0 bridgehead atoms. The highest BCUT2D eigenvalue weighted by Crippen LogP contribution is 2.39. The molecule has 2 heterocycles. The topological polar surface area (TPSA) is 36.1 Å². The summed E-state index contributed by atoms with van der Waals surface area (Å²) in [5.74, 6) is -0.425. The van der Waals surface area contributed by atoms with Crippen molar-refractivity contribution in [3.05, 3.63) is 101 Å². The third kappa shape index (κ3) is 3.19. The smallest absolute Gasteiger partial charge is 0.254 e. The maximum atomic E-state index is 13.4. The zero-order chi connectivity index (χ0) is 20.7. The van der Waals surface area contributed by atoms with Crippen LogP contribution in [0.4, 0.5) is 4.39 Å². The Morgan fingerprint density at radius 1 is 1.03 bits per heavy atom. The van der Waals surface area contributed by atoms with Crippen molar-refractivity contribution in [3.63, 3.8) is 0 Å². The minimum absolute atomic E-state index is 0.0850. The highest BCUT2D eigenvalue weighted by atomic mass is 32.2. The largest absolute Gasteiger partial charge is 0.356 e. The van der Waals surface area contributed by atoms with Gasteiger partial charge in [-0.15, -0.1) is 11.8 Å². The third-order valence-corrected chi connectivity index (χ3v) is 6.56. The first-order valence-corrected chi connectivity index (χ1v) is 11.2. The van der Waals surface area contributed by atoms with E-state index in [9.17, 15) is 9.18 Å². The average molecular weight is 417 g/mol. The van der Waals surface area contributed by atoms with Crippen molar-refractivity contribution in [1.82, 2.24) is 9.88 Å². The number of rotatable bonds is 3. The van der Waals surface area contributed by atoms with Gasteiger partial charge in [-0.05, 0) is 66.3 Å². The van der Waals surface area contributed by atoms with E-state index in [1.807, 2.05) is 11.0 Å². The summed E-state index contributed by atoms with van der Waals surface area (Å²) in [5, 5.41) is 1.21. The van der Waals surface area contributed by atoms with Crippen molar-refractivity contribution in [2.45, 2.75) is 17.4 Å². The van der Waals surface area contributed by atoms with Crippen molar-refractivity contribution < 1.29 is 9.18 Å². The van der Waals surface area contributed by atoms with Crippen LogP contribution in [0.1, 0.15) is 33.2 Å². The molecule has 0 saturated carbocycles. The number of hydrogen-bond donors (Lipinski definition) is 1. The van der Waals surface area contributed by atoms with Crippen LogP contribution < -0.4 is 0 Å². The molecule has 0 fully saturated rings. The fourth-order valence-corrected chi connectivity index (χ4v) is 4.76. The summed E-state index contributed by atoms with van der Waals surface area (Å²) in [6, 6.07) is 22.3. The van der Waals surface area contributed by atoms with Crippen LogP contribution in [0.25, 0.3) is 10.9 Å². The number of hydrogen-bond acceptors (Lipinski definition) is 2. The number of thioether (sulfide) groups is 1. The molecule has 1 aromatic heterocycles. The van der Waals surface area contributed by atoms with Crippen molar-refractivity contribution in [1.29, 1.82) is 0 Å². The maximum Gasteiger partial charge on any atom is 0.254 e. The predicted octanol–water partition coefficient (Wildman–Crippen LogP) is 5.82. The first-order chi connectivity index (χ1) is 14.7. The van der Waals surface area contributed by atoms with Gasteiger partial charge in [-0.3, -0.25) is 4.79 Å². The molecule has 1 N–H and O–H groups in total. The van der Waals surface area contributed by atoms with Crippen LogP contribution in [0.5, 0.6) is 0 Å². The molecule has 3 nitrogen and oxygen atoms in total. The Morgan fingerprint density at radius 3 is 2.50 bits per heavy atom. The fraction of sp³-hybridized carbons (Fsp3) is 0.160. The number of aromatic amines is 1. The third-order valence-electron chi connectivity index (χ3n) is 5.82. The van der Waals surface area contributed by atoms with Gasteiger partial charge >= 0.3 is 0 Å². The lowest BCUT2D eigenvalue weighted by Crippen LogP contribution is -2.40. The molecule has 1 atom stereocenters. The highest BCUT2D eigenvalue weighted by Gasteiger charge is 2.34. The summed E-state index contributed by atoms with van der Waals surface area (Å²) in [4.78, 5) is 20.1. The van der Waals surface area contributed by atoms with Gasteiger partial charge in [0.1, 0.15) is 5.82 Å². The fourth-order valence-electron chi connectivity index (χ4n) is 4.35. The van der Waals surface area contributed by atoms with E-state index in [4.69, 9.17) is 0 Å². The van der Waals surface area contributed by atoms with Gasteiger partial charge in [-0.1, -0.05) is 30.3 Å². The number of para-hydroxylation sites is 1. The van der Waals surface area contributed by atoms with Gasteiger partial charge in [0.2, 0.25) is 0 Å². The Labute approximate surface area is 178 Å². The molecule has 0 saturated heterocycles. The predicted molar refractivity (Wildman–Crippen MR) is 120 cm³/mol. The zero-order valence-corrected chi connectivity index (χ0v) is 17.4. The number of fused-ring (bicyclic) bond motifs is 3. The second-order valence-corrected chi connectivity index (χ2v) is 8.37. The Bertz CT molecular complexity index is 1210. The summed E-state index contributed by atoms with van der Waals surface area (Å²) in [6.45, 7) is 0.611. The Hall–Kier alpha value is -3.05. The van der Waals surface area contributed by atoms with Gasteiger partial charge in [0.15, 0.2) is 0 Å². The average Bonchev–Trinajstić information content (AvgIpc) is 3.17. The molecule has 1 unspecified atom stereocenters. The lowest BCUT2D eigenvalue weighted by Gasteiger charge is -2.36. The number of nitrogens with zero attached hydrogens (tertiary/aromatic N) is 1. The van der Waals surface area contributed by atoms with Gasteiger partial charge in [-0.25, -0.2) is 4.39 Å². The quantitative estimate of drug-likeness (QED) is 0.428. The number of carbonyl (C=O) groups excluding carboxylic acids is 1. The normalized spacial score (nSPS) is 15.9. The Morgan fingerprint density at radius 2 is 1.77 bits per heavy atom. The summed E-state index contributed by atoms with van der Waals surface area (Å²) in [5.41, 5.74) is 4.99. The van der Waals surface area contributed by atoms with E-state index in [-0.39, 0.29) is 17.8 Å². The summed E-state index contributed by atoms with van der Waals surface area (Å²) < 4.78 is 13.4. The summed E-state index contributed by atoms with van der Waals surface area (Å²) in [7, 11) is 0. The van der Waals surface area contributed by atoms with Crippen LogP contribution >= 0.6 is 11.8 Å². The molecule has 3 aromatic carbocycles. The lowest BCUT2D eigenvalue weighted by atomic mass is 9.91. The van der Waals surface area contributed by atoms with Crippen LogP contribution in [0.2, 0.25) is 0 Å². The summed E-state index contributed by atoms with van der Waals surface area (Å²) in [6.07, 6.45) is 2.83. The molecule has 5 rings (SSSR count). The van der Waals surface area contributed by atoms with Crippen LogP contribution in [-0.2, 0) is 6.42 Å². The van der Waals surface area contributed by atoms with Crippen LogP contribution in [-0.4, -0.2) is 28.6 Å². The number of aromatic nitrogens is 1. The van der Waals surface area contributed by atoms with Gasteiger partial charge in [0, 0.05) is 33.6 Å². The van der Waals surface area contributed by atoms with E-state index in [2.05, 4.69) is 53.7 Å². The van der Waals surface area contributed by atoms with E-state index in [0.29, 0.717) is 12.1 Å². The number of carbonyl (C=O) groups is 1. The molecule has 150 valence electrons. The van der Waals surface area contributed by atoms with Gasteiger partial charge in [-0.2, -0.15) is 0 Å². The van der Waals surface area contributed by atoms with Crippen LogP contribution in [0, 0.1) is 5.82 Å². The van der Waals surface area contributed by atoms with E-state index in [0.717, 1.165) is 23.2 Å². The Kier molecular flexibility index (Phi) is 4.83. The summed E-state index contributed by atoms with van der Waals surface area (Å²) >= 11 is 1.70. The van der Waals surface area contributed by atoms with Gasteiger partial charge in [0.25, 0.3) is 5.91 Å². The molecule has 5 heteroatoms. The van der Waals surface area contributed by atoms with E-state index < -0.39 is 0 Å². The molecular weight excluding hydrogens is 395 g/mol. The molecule has 1 aliphatic heterocycles. The van der Waals surface area contributed by atoms with E-state index >= 15 is 0 Å². The number of nitrogens with one attached hydrogen (secondary N) is 1. The van der Waals surface area contributed by atoms with E-state index in [1.54, 1.807) is 23.9 Å². The minimum Gasteiger partial charge on any atom is -0.356 e. The van der Waals surface area contributed by atoms with Crippen molar-refractivity contribution in [2.24, 2.45) is 0 Å². The Balaban J connectivity index is 1.64. The SMILES string of the molecule is CSc1ccc(C2c3[nH]c4ccccc4c3CCN2C(=O)c2ccc(F)cc2)cc1. The van der Waals surface area contributed by atoms with Gasteiger partial charge < -0.3 is 9.88 Å². The standard InChI is InChI=1S/C25H21FN2OS/c1-30-19-12-8-16(9-13-19)24-23-21(20-4-2-3-5-22(20)27-23)14-15-28(24)25(29)17-6-10-18(26)11-7-17/h2-13,24,27H,14-15H2,1H3. The number of H-pyrrole nitrogens is 1. The van der Waals surface area contributed by atoms with Crippen LogP contribution in [0.15, 0.2) is 77.7 Å². The van der Waals surface area contributed by atoms with Crippen molar-refractivity contribution in [3.8, 4) is 0 Å². The van der Waals surface area contributed by atoms with Crippen molar-refractivity contribution in [2.75, 3.05) is 12.8 Å². The number of halogens is 1. The first-order valence-electron chi connectivity index (χ1n) is 9.95. The van der Waals surface area contributed by atoms with Crippen molar-refractivity contribution >= 4 is 28.6 Å². The molecule has 4 aromatic rings. The second-order valence-electron chi connectivity index (χ2n) is 7.49. The second kappa shape index (κ2) is 7.65. The van der Waals surface area contributed by atoms with Gasteiger partial charge in [0.05, 0.1) is 6.04 Å².